The van der Waals surface area contributed by atoms with Gasteiger partial charge >= 0.3 is 28.1 Å². The van der Waals surface area contributed by atoms with Gasteiger partial charge in [0.05, 0.1) is 5.38 Å². The number of nitrogens with zero attached hydrogens (tertiary/aromatic N) is 4. The van der Waals surface area contributed by atoms with Crippen LogP contribution in [0, 0.1) is 0 Å². The van der Waals surface area contributed by atoms with Gasteiger partial charge in [0.15, 0.2) is 16.9 Å². The molecule has 1 aliphatic heterocycles. The van der Waals surface area contributed by atoms with Gasteiger partial charge in [-0.1, -0.05) is 16.5 Å². The lowest BCUT2D eigenvalue weighted by atomic mass is 10.0. The normalized spacial score (nSPS) is 18.6. The van der Waals surface area contributed by atoms with Crippen molar-refractivity contribution in [2.75, 3.05) is 19.3 Å². The highest BCUT2D eigenvalue weighted by Gasteiger charge is 2.64. The van der Waals surface area contributed by atoms with Crippen molar-refractivity contribution in [3.05, 3.63) is 33.6 Å². The van der Waals surface area contributed by atoms with E-state index in [1.165, 1.54) is 19.2 Å². The number of nitrogen functional groups attached to an aromatic ring is 1. The van der Waals surface area contributed by atoms with Crippen molar-refractivity contribution in [1.29, 1.82) is 0 Å². The molecule has 20 nitrogen and oxygen atoms in total. The molecule has 1 saturated heterocycles. The van der Waals surface area contributed by atoms with Crippen LogP contribution in [0.25, 0.3) is 0 Å². The van der Waals surface area contributed by atoms with E-state index in [0.29, 0.717) is 17.3 Å². The highest BCUT2D eigenvalue weighted by Crippen LogP contribution is 2.34. The van der Waals surface area contributed by atoms with E-state index in [2.05, 4.69) is 20.4 Å². The standard InChI is InChI=1S/C20H23N9O11S2/c1-20(2,17(35)36)40-23-6-14(32)24-10-7-29(16(10)34,13-8-41-18(21)25-13)19(37)26-42(38,39)27-28(3)15(33)9-4-11(30)12(31)5-22-9/h4-6,8,10,27H,7H2,1-3H3,(H6-,21,22,23,24,25,26,30,31,32,33,35,36,37)/p+1/t10-,29?/m0/s1. The predicted octanol–water partition coefficient (Wildman–Crippen LogP) is -2.45. The quantitative estimate of drug-likeness (QED) is 0.0621. The zero-order valence-electron chi connectivity index (χ0n) is 21.8. The number of rotatable bonds is 10. The molecule has 3 heterocycles. The number of hydrogen-bond acceptors (Lipinski definition) is 14. The lowest BCUT2D eigenvalue weighted by Gasteiger charge is -2.41. The molecule has 226 valence electrons. The van der Waals surface area contributed by atoms with Crippen LogP contribution in [0.5, 0.6) is 5.75 Å². The van der Waals surface area contributed by atoms with Crippen molar-refractivity contribution >= 4 is 68.4 Å². The summed E-state index contributed by atoms with van der Waals surface area (Å²) in [5.74, 6) is -5.40. The van der Waals surface area contributed by atoms with Crippen molar-refractivity contribution in [2.24, 2.45) is 5.16 Å². The zero-order chi connectivity index (χ0) is 31.6. The number of carbonyl (C=O) groups is 5. The SMILES string of the molecule is CN(NS(=O)(=O)NC(=O)[N+]1(c2csc(N)n2)C[C@H](NC(=O)C=NOC(C)(C)C(=O)O)C1=O)C(=O)c1cc(=O)c(O)c[nH]1. The van der Waals surface area contributed by atoms with E-state index in [1.807, 2.05) is 0 Å². The fourth-order valence-corrected chi connectivity index (χ4v) is 4.79. The average Bonchev–Trinajstić information content (AvgIpc) is 3.32. The maximum atomic E-state index is 13.2. The van der Waals surface area contributed by atoms with Crippen LogP contribution in [0.15, 0.2) is 27.6 Å². The van der Waals surface area contributed by atoms with E-state index < -0.39 is 79.5 Å². The lowest BCUT2D eigenvalue weighted by molar-refractivity contribution is -0.161. The highest BCUT2D eigenvalue weighted by atomic mass is 32.2. The number of hydrogen-bond donors (Lipinski definition) is 7. The Morgan fingerprint density at radius 1 is 1.33 bits per heavy atom. The number of urea groups is 1. The van der Waals surface area contributed by atoms with E-state index >= 15 is 0 Å². The average molecular weight is 631 g/mol. The van der Waals surface area contributed by atoms with Gasteiger partial charge in [-0.05, 0) is 13.8 Å². The summed E-state index contributed by atoms with van der Waals surface area (Å²) in [6.45, 7) is 1.83. The summed E-state index contributed by atoms with van der Waals surface area (Å²) in [6, 6.07) is -2.07. The summed E-state index contributed by atoms with van der Waals surface area (Å²) < 4.78 is 25.6. The van der Waals surface area contributed by atoms with E-state index in [4.69, 9.17) is 15.7 Å². The Morgan fingerprint density at radius 2 is 2.00 bits per heavy atom. The summed E-state index contributed by atoms with van der Waals surface area (Å²) in [5.41, 5.74) is 2.54. The minimum absolute atomic E-state index is 0.0601. The number of oxime groups is 1. The molecule has 2 aromatic rings. The first-order valence-electron chi connectivity index (χ1n) is 11.3. The number of β-lactam (4-membered cyclic amide) rings is 1. The van der Waals surface area contributed by atoms with Gasteiger partial charge in [0, 0.05) is 19.3 Å². The van der Waals surface area contributed by atoms with Crippen molar-refractivity contribution in [3.63, 3.8) is 0 Å². The lowest BCUT2D eigenvalue weighted by Crippen LogP contribution is -2.81. The van der Waals surface area contributed by atoms with Crippen LogP contribution in [-0.4, -0.2) is 94.8 Å². The van der Waals surface area contributed by atoms with E-state index in [0.717, 1.165) is 24.6 Å². The van der Waals surface area contributed by atoms with Crippen LogP contribution < -0.4 is 30.5 Å². The number of aromatic hydroxyl groups is 1. The van der Waals surface area contributed by atoms with Crippen molar-refractivity contribution in [2.45, 2.75) is 25.5 Å². The van der Waals surface area contributed by atoms with Gasteiger partial charge in [0.2, 0.25) is 11.0 Å². The second kappa shape index (κ2) is 11.5. The van der Waals surface area contributed by atoms with Crippen molar-refractivity contribution < 1.29 is 47.4 Å². The molecular formula is C20H24N9O11S2+. The third kappa shape index (κ3) is 6.51. The molecule has 42 heavy (non-hydrogen) atoms. The number of anilines is 1. The van der Waals surface area contributed by atoms with Gasteiger partial charge in [-0.25, -0.2) is 14.4 Å². The molecule has 0 radical (unpaired) electrons. The minimum atomic E-state index is -4.89. The van der Waals surface area contributed by atoms with Gasteiger partial charge < -0.3 is 31.1 Å². The van der Waals surface area contributed by atoms with Gasteiger partial charge in [0.25, 0.3) is 17.6 Å². The largest absolute Gasteiger partial charge is 0.503 e. The fourth-order valence-electron chi connectivity index (χ4n) is 3.31. The molecule has 2 atom stereocenters. The Balaban J connectivity index is 1.74. The van der Waals surface area contributed by atoms with Gasteiger partial charge in [-0.3, -0.25) is 19.4 Å². The number of likely N-dealkylation sites (tertiary alicyclic amines) is 1. The second-order valence-corrected chi connectivity index (χ2v) is 11.3. The molecule has 0 aliphatic carbocycles. The number of aliphatic carboxylic acids is 1. The van der Waals surface area contributed by atoms with Crippen LogP contribution in [0.3, 0.4) is 0 Å². The van der Waals surface area contributed by atoms with Crippen LogP contribution in [0.4, 0.5) is 15.7 Å². The molecule has 5 amide bonds. The first-order valence-corrected chi connectivity index (χ1v) is 13.7. The maximum Gasteiger partial charge on any atom is 0.445 e. The van der Waals surface area contributed by atoms with Crippen LogP contribution >= 0.6 is 11.3 Å². The molecule has 0 saturated carbocycles. The van der Waals surface area contributed by atoms with Crippen molar-refractivity contribution in [3.8, 4) is 5.75 Å². The van der Waals surface area contributed by atoms with E-state index in [1.54, 1.807) is 9.55 Å². The van der Waals surface area contributed by atoms with E-state index in [-0.39, 0.29) is 10.9 Å². The number of carboxylic acid groups (broad SMARTS) is 1. The Morgan fingerprint density at radius 3 is 2.55 bits per heavy atom. The summed E-state index contributed by atoms with van der Waals surface area (Å²) >= 11 is 0.844. The molecule has 1 aliphatic rings. The number of amides is 5. The third-order valence-corrected chi connectivity index (χ3v) is 7.19. The summed E-state index contributed by atoms with van der Waals surface area (Å²) in [7, 11) is -3.94. The van der Waals surface area contributed by atoms with Crippen LogP contribution in [-0.2, 0) is 29.4 Å². The number of carboxylic acids is 1. The number of aromatic amines is 1. The number of H-pyrrole nitrogens is 1. The molecule has 3 rings (SSSR count). The van der Waals surface area contributed by atoms with E-state index in [9.17, 15) is 42.3 Å². The van der Waals surface area contributed by atoms with Gasteiger partial charge in [-0.2, -0.15) is 18.1 Å². The number of hydrazine groups is 1. The number of quaternary nitrogens is 1. The van der Waals surface area contributed by atoms with Gasteiger partial charge in [0.1, 0.15) is 18.5 Å². The predicted molar refractivity (Wildman–Crippen MR) is 143 cm³/mol. The second-order valence-electron chi connectivity index (χ2n) is 9.04. The molecule has 0 aromatic carbocycles. The zero-order valence-corrected chi connectivity index (χ0v) is 23.5. The molecule has 0 spiro atoms. The summed E-state index contributed by atoms with van der Waals surface area (Å²) in [4.78, 5) is 86.3. The molecule has 22 heteroatoms. The number of nitrogens with one attached hydrogen (secondary N) is 4. The monoisotopic (exact) mass is 630 g/mol. The molecule has 0 bridgehead atoms. The molecule has 2 aromatic heterocycles. The minimum Gasteiger partial charge on any atom is -0.503 e. The van der Waals surface area contributed by atoms with Crippen LogP contribution in [0.1, 0.15) is 24.3 Å². The number of aromatic nitrogens is 2. The number of imide groups is 1. The third-order valence-electron chi connectivity index (χ3n) is 5.57. The number of carbonyl (C=O) groups excluding carboxylic acids is 4. The number of pyridine rings is 1. The first kappa shape index (κ1) is 31.6. The Bertz CT molecular complexity index is 1650. The Labute approximate surface area is 239 Å². The number of nitrogens with two attached hydrogens (primary N) is 1. The maximum absolute atomic E-state index is 13.2. The Kier molecular flexibility index (Phi) is 8.66. The molecule has 8 N–H and O–H groups in total. The topological polar surface area (TPSA) is 293 Å². The molecular weight excluding hydrogens is 606 g/mol. The Hall–Kier alpha value is -4.93. The molecule has 1 fully saturated rings. The first-order chi connectivity index (χ1) is 19.4. The number of thiazole rings is 1. The summed E-state index contributed by atoms with van der Waals surface area (Å²) in [5, 5.41) is 25.3. The van der Waals surface area contributed by atoms with Crippen LogP contribution in [0.2, 0.25) is 0 Å². The van der Waals surface area contributed by atoms with Crippen molar-refractivity contribution in [1.82, 2.24) is 34.3 Å². The fraction of sp³-hybridized carbons (Fsp3) is 0.300. The summed E-state index contributed by atoms with van der Waals surface area (Å²) in [6.07, 6.45) is 1.38. The smallest absolute Gasteiger partial charge is 0.445 e. The molecule has 1 unspecified atom stereocenters. The highest BCUT2D eigenvalue weighted by molar-refractivity contribution is 7.88. The van der Waals surface area contributed by atoms with Gasteiger partial charge in [-0.15, -0.1) is 9.31 Å².